The van der Waals surface area contributed by atoms with Gasteiger partial charge in [0.05, 0.1) is 11.3 Å². The molecule has 82 valence electrons. The molecule has 1 aromatic heterocycles. The third-order valence-electron chi connectivity index (χ3n) is 2.57. The highest BCUT2D eigenvalue weighted by atomic mass is 16.5. The number of aromatic nitrogens is 1. The van der Waals surface area contributed by atoms with Crippen molar-refractivity contribution in [1.82, 2.24) is 5.16 Å². The summed E-state index contributed by atoms with van der Waals surface area (Å²) in [6, 6.07) is 7.49. The average Bonchev–Trinajstić information content (AvgIpc) is 2.59. The number of benzene rings is 1. The predicted octanol–water partition coefficient (Wildman–Crippen LogP) is 2.83. The molecule has 3 nitrogen and oxygen atoms in total. The molecular formula is C13H13NO2. The van der Waals surface area contributed by atoms with Crippen LogP contribution in [0.25, 0.3) is 0 Å². The Bertz CT molecular complexity index is 504. The highest BCUT2D eigenvalue weighted by molar-refractivity contribution is 6.10. The largest absolute Gasteiger partial charge is 0.361 e. The third kappa shape index (κ3) is 1.76. The first kappa shape index (κ1) is 10.6. The third-order valence-corrected chi connectivity index (χ3v) is 2.57. The van der Waals surface area contributed by atoms with Crippen molar-refractivity contribution in [2.24, 2.45) is 0 Å². The fourth-order valence-electron chi connectivity index (χ4n) is 1.66. The van der Waals surface area contributed by atoms with Crippen LogP contribution in [-0.2, 0) is 0 Å². The van der Waals surface area contributed by atoms with Gasteiger partial charge in [0.1, 0.15) is 5.76 Å². The van der Waals surface area contributed by atoms with E-state index in [4.69, 9.17) is 4.52 Å². The minimum atomic E-state index is -0.0312. The van der Waals surface area contributed by atoms with Gasteiger partial charge in [0.15, 0.2) is 5.78 Å². The molecule has 0 unspecified atom stereocenters. The van der Waals surface area contributed by atoms with Crippen LogP contribution in [0.4, 0.5) is 0 Å². The Hall–Kier alpha value is -1.90. The molecule has 0 aliphatic rings. The quantitative estimate of drug-likeness (QED) is 0.723. The van der Waals surface area contributed by atoms with E-state index in [0.29, 0.717) is 22.6 Å². The van der Waals surface area contributed by atoms with Crippen molar-refractivity contribution in [3.8, 4) is 0 Å². The number of carbonyl (C=O) groups is 1. The van der Waals surface area contributed by atoms with E-state index in [2.05, 4.69) is 5.16 Å². The van der Waals surface area contributed by atoms with E-state index in [9.17, 15) is 4.79 Å². The summed E-state index contributed by atoms with van der Waals surface area (Å²) in [6.07, 6.45) is 0. The Morgan fingerprint density at radius 1 is 1.12 bits per heavy atom. The Kier molecular flexibility index (Phi) is 2.60. The molecule has 0 bridgehead atoms. The zero-order valence-electron chi connectivity index (χ0n) is 9.57. The minimum absolute atomic E-state index is 0.0312. The molecule has 0 saturated heterocycles. The normalized spacial score (nSPS) is 10.4. The van der Waals surface area contributed by atoms with E-state index >= 15 is 0 Å². The van der Waals surface area contributed by atoms with Crippen molar-refractivity contribution in [2.75, 3.05) is 0 Å². The molecule has 2 rings (SSSR count). The summed E-state index contributed by atoms with van der Waals surface area (Å²) in [5, 5.41) is 3.78. The summed E-state index contributed by atoms with van der Waals surface area (Å²) in [5.74, 6) is 0.541. The summed E-state index contributed by atoms with van der Waals surface area (Å²) in [5.41, 5.74) is 3.02. The summed E-state index contributed by atoms with van der Waals surface area (Å²) < 4.78 is 4.99. The average molecular weight is 215 g/mol. The molecule has 0 spiro atoms. The molecule has 1 aromatic carbocycles. The van der Waals surface area contributed by atoms with Crippen LogP contribution in [0.5, 0.6) is 0 Å². The lowest BCUT2D eigenvalue weighted by Gasteiger charge is -2.00. The molecule has 0 amide bonds. The van der Waals surface area contributed by atoms with Crippen LogP contribution in [0.2, 0.25) is 0 Å². The molecule has 0 radical (unpaired) electrons. The van der Waals surface area contributed by atoms with E-state index in [1.165, 1.54) is 0 Å². The lowest BCUT2D eigenvalue weighted by atomic mass is 10.0. The molecule has 0 aliphatic heterocycles. The monoisotopic (exact) mass is 215 g/mol. The summed E-state index contributed by atoms with van der Waals surface area (Å²) in [4.78, 5) is 12.2. The van der Waals surface area contributed by atoms with Gasteiger partial charge in [0.25, 0.3) is 0 Å². The van der Waals surface area contributed by atoms with Gasteiger partial charge >= 0.3 is 0 Å². The van der Waals surface area contributed by atoms with Crippen molar-refractivity contribution in [2.45, 2.75) is 20.8 Å². The molecular weight excluding hydrogens is 202 g/mol. The van der Waals surface area contributed by atoms with E-state index in [1.807, 2.05) is 31.2 Å². The summed E-state index contributed by atoms with van der Waals surface area (Å²) >= 11 is 0. The number of nitrogens with zero attached hydrogens (tertiary/aromatic N) is 1. The maximum Gasteiger partial charge on any atom is 0.198 e. The fourth-order valence-corrected chi connectivity index (χ4v) is 1.66. The van der Waals surface area contributed by atoms with Crippen LogP contribution in [0.15, 0.2) is 28.8 Å². The molecule has 0 saturated carbocycles. The van der Waals surface area contributed by atoms with Gasteiger partial charge < -0.3 is 4.52 Å². The number of hydrogen-bond donors (Lipinski definition) is 0. The molecule has 0 atom stereocenters. The van der Waals surface area contributed by atoms with Crippen LogP contribution in [-0.4, -0.2) is 10.9 Å². The van der Waals surface area contributed by atoms with Crippen LogP contribution in [0, 0.1) is 20.8 Å². The molecule has 0 fully saturated rings. The SMILES string of the molecule is Cc1ccc(C(=O)c2c(C)noc2C)cc1. The van der Waals surface area contributed by atoms with Gasteiger partial charge in [0, 0.05) is 5.56 Å². The number of hydrogen-bond acceptors (Lipinski definition) is 3. The van der Waals surface area contributed by atoms with Crippen molar-refractivity contribution in [3.63, 3.8) is 0 Å². The van der Waals surface area contributed by atoms with E-state index in [-0.39, 0.29) is 5.78 Å². The smallest absolute Gasteiger partial charge is 0.198 e. The molecule has 0 N–H and O–H groups in total. The van der Waals surface area contributed by atoms with Gasteiger partial charge in [-0.15, -0.1) is 0 Å². The van der Waals surface area contributed by atoms with Gasteiger partial charge in [-0.2, -0.15) is 0 Å². The zero-order chi connectivity index (χ0) is 11.7. The second-order valence-electron chi connectivity index (χ2n) is 3.89. The number of aryl methyl sites for hydroxylation is 3. The Labute approximate surface area is 94.1 Å². The topological polar surface area (TPSA) is 43.1 Å². The first-order valence-electron chi connectivity index (χ1n) is 5.14. The van der Waals surface area contributed by atoms with Gasteiger partial charge in [-0.05, 0) is 20.8 Å². The van der Waals surface area contributed by atoms with Crippen LogP contribution in [0.1, 0.15) is 32.9 Å². The summed E-state index contributed by atoms with van der Waals surface area (Å²) in [6.45, 7) is 5.52. The second-order valence-corrected chi connectivity index (χ2v) is 3.89. The van der Waals surface area contributed by atoms with Crippen LogP contribution in [0.3, 0.4) is 0 Å². The number of ketones is 1. The van der Waals surface area contributed by atoms with Gasteiger partial charge in [0.2, 0.25) is 0 Å². The minimum Gasteiger partial charge on any atom is -0.361 e. The van der Waals surface area contributed by atoms with Crippen molar-refractivity contribution >= 4 is 5.78 Å². The molecule has 2 aromatic rings. The predicted molar refractivity (Wildman–Crippen MR) is 60.6 cm³/mol. The number of rotatable bonds is 2. The Morgan fingerprint density at radius 2 is 1.75 bits per heavy atom. The lowest BCUT2D eigenvalue weighted by molar-refractivity contribution is 0.103. The van der Waals surface area contributed by atoms with Crippen molar-refractivity contribution < 1.29 is 9.32 Å². The maximum atomic E-state index is 12.2. The van der Waals surface area contributed by atoms with Gasteiger partial charge in [-0.3, -0.25) is 4.79 Å². The summed E-state index contributed by atoms with van der Waals surface area (Å²) in [7, 11) is 0. The van der Waals surface area contributed by atoms with E-state index < -0.39 is 0 Å². The van der Waals surface area contributed by atoms with Crippen LogP contribution >= 0.6 is 0 Å². The van der Waals surface area contributed by atoms with Gasteiger partial charge in [-0.1, -0.05) is 35.0 Å². The van der Waals surface area contributed by atoms with Gasteiger partial charge in [-0.25, -0.2) is 0 Å². The van der Waals surface area contributed by atoms with E-state index in [0.717, 1.165) is 5.56 Å². The molecule has 1 heterocycles. The second kappa shape index (κ2) is 3.93. The standard InChI is InChI=1S/C13H13NO2/c1-8-4-6-11(7-5-8)13(15)12-9(2)14-16-10(12)3/h4-7H,1-3H3. The number of carbonyl (C=O) groups excluding carboxylic acids is 1. The zero-order valence-corrected chi connectivity index (χ0v) is 9.57. The Morgan fingerprint density at radius 3 is 2.25 bits per heavy atom. The molecule has 0 aliphatic carbocycles. The Balaban J connectivity index is 2.43. The maximum absolute atomic E-state index is 12.2. The highest BCUT2D eigenvalue weighted by Crippen LogP contribution is 2.17. The highest BCUT2D eigenvalue weighted by Gasteiger charge is 2.18. The lowest BCUT2D eigenvalue weighted by Crippen LogP contribution is -2.03. The fraction of sp³-hybridized carbons (Fsp3) is 0.231. The molecule has 16 heavy (non-hydrogen) atoms. The van der Waals surface area contributed by atoms with Crippen molar-refractivity contribution in [1.29, 1.82) is 0 Å². The molecule has 3 heteroatoms. The van der Waals surface area contributed by atoms with Crippen molar-refractivity contribution in [3.05, 3.63) is 52.4 Å². The first-order chi connectivity index (χ1) is 7.59. The first-order valence-corrected chi connectivity index (χ1v) is 5.14. The van der Waals surface area contributed by atoms with E-state index in [1.54, 1.807) is 13.8 Å². The van der Waals surface area contributed by atoms with Crippen LogP contribution < -0.4 is 0 Å².